The molecule has 0 bridgehead atoms. The van der Waals surface area contributed by atoms with Crippen molar-refractivity contribution in [3.63, 3.8) is 0 Å². The van der Waals surface area contributed by atoms with Gasteiger partial charge in [0.25, 0.3) is 0 Å². The summed E-state index contributed by atoms with van der Waals surface area (Å²) in [5.74, 6) is 1.77. The lowest BCUT2D eigenvalue weighted by atomic mass is 10.4. The molecule has 19 aromatic heterocycles. The van der Waals surface area contributed by atoms with E-state index in [1.165, 1.54) is 0 Å². The Bertz CT molecular complexity index is 6160. The number of aromatic nitrogens is 19. The molecular formula is C60H24N20S20. The van der Waals surface area contributed by atoms with E-state index in [2.05, 4.69) is 31.0 Å². The van der Waals surface area contributed by atoms with Gasteiger partial charge < -0.3 is 4.90 Å². The monoisotopic (exact) mass is 1660 g/mol. The molecule has 1 aliphatic heterocycles. The Kier molecular flexibility index (Phi) is 16.7. The van der Waals surface area contributed by atoms with E-state index < -0.39 is 0 Å². The molecule has 20 nitrogen and oxygen atoms in total. The first-order chi connectivity index (χ1) is 49.4. The van der Waals surface area contributed by atoms with E-state index >= 15 is 0 Å². The van der Waals surface area contributed by atoms with Crippen LogP contribution in [0.15, 0.2) is 119 Å². The largest absolute Gasteiger partial charge is 0.312 e. The molecule has 19 aromatic rings. The molecule has 0 saturated heterocycles. The highest BCUT2D eigenvalue weighted by Gasteiger charge is 2.27. The van der Waals surface area contributed by atoms with E-state index in [4.69, 9.17) is 84.7 Å². The highest BCUT2D eigenvalue weighted by molar-refractivity contribution is 8.02. The lowest BCUT2D eigenvalue weighted by molar-refractivity contribution is 1.14. The predicted molar refractivity (Wildman–Crippen MR) is 426 cm³/mol. The summed E-state index contributed by atoms with van der Waals surface area (Å²) in [5, 5.41) is 55.8. The molecule has 0 aromatic carbocycles. The number of rotatable bonds is 19. The van der Waals surface area contributed by atoms with Crippen molar-refractivity contribution in [2.45, 2.75) is 0 Å². The summed E-state index contributed by atoms with van der Waals surface area (Å²) in [6.45, 7) is 0. The highest BCUT2D eigenvalue weighted by atomic mass is 32.2. The van der Waals surface area contributed by atoms with Gasteiger partial charge in [0.2, 0.25) is 0 Å². The molecule has 0 saturated carbocycles. The van der Waals surface area contributed by atoms with E-state index in [1.54, 1.807) is 233 Å². The van der Waals surface area contributed by atoms with E-state index in [0.717, 1.165) is 204 Å². The average molecular weight is 1670 g/mol. The van der Waals surface area contributed by atoms with Gasteiger partial charge in [0.15, 0.2) is 0 Å². The van der Waals surface area contributed by atoms with Crippen LogP contribution in [-0.2, 0) is 0 Å². The van der Waals surface area contributed by atoms with Gasteiger partial charge in [-0.1, -0.05) is 0 Å². The third-order valence-electron chi connectivity index (χ3n) is 14.3. The number of hydrogen-bond acceptors (Lipinski definition) is 40. The molecule has 484 valence electrons. The van der Waals surface area contributed by atoms with Gasteiger partial charge in [-0.3, -0.25) is 0 Å². The van der Waals surface area contributed by atoms with Crippen LogP contribution in [-0.4, -0.2) is 101 Å². The molecule has 0 amide bonds. The van der Waals surface area contributed by atoms with Gasteiger partial charge in [-0.05, 0) is 5.41 Å². The molecule has 20 rings (SSSR count). The lowest BCUT2D eigenvalue weighted by Crippen LogP contribution is -2.16. The van der Waals surface area contributed by atoms with Crippen LogP contribution in [0.25, 0.3) is 188 Å². The quantitative estimate of drug-likeness (QED) is 0.0729. The van der Waals surface area contributed by atoms with E-state index in [0.29, 0.717) is 0 Å². The van der Waals surface area contributed by atoms with Gasteiger partial charge in [0.1, 0.15) is 193 Å². The Morgan fingerprint density at radius 3 is 0.630 bits per heavy atom. The summed E-state index contributed by atoms with van der Waals surface area (Å²) < 4.78 is 0. The number of thiazole rings is 19. The highest BCUT2D eigenvalue weighted by Crippen LogP contribution is 2.45. The summed E-state index contributed by atoms with van der Waals surface area (Å²) in [5.41, 5.74) is 16.7. The van der Waals surface area contributed by atoms with Crippen LogP contribution in [0.3, 0.4) is 0 Å². The van der Waals surface area contributed by atoms with Crippen molar-refractivity contribution in [3.05, 3.63) is 124 Å². The first-order valence-corrected chi connectivity index (χ1v) is 46.4. The van der Waals surface area contributed by atoms with Gasteiger partial charge in [-0.2, -0.15) is 0 Å². The van der Waals surface area contributed by atoms with E-state index in [1.807, 2.05) is 97.0 Å². The molecule has 0 unspecified atom stereocenters. The van der Waals surface area contributed by atoms with Crippen LogP contribution in [0, 0.1) is 0 Å². The molecular weight excluding hydrogens is 1640 g/mol. The van der Waals surface area contributed by atoms with E-state index in [9.17, 15) is 0 Å². The second-order valence-corrected chi connectivity index (χ2v) is 37.6. The Balaban J connectivity index is 0.448. The van der Waals surface area contributed by atoms with Crippen molar-refractivity contribution in [1.82, 2.24) is 94.7 Å². The fourth-order valence-corrected chi connectivity index (χ4v) is 26.1. The maximum absolute atomic E-state index is 4.99. The number of anilines is 1. The summed E-state index contributed by atoms with van der Waals surface area (Å²) in [6, 6.07) is 0. The second-order valence-electron chi connectivity index (χ2n) is 20.6. The fraction of sp³-hybridized carbons (Fsp3) is 0.0167. The predicted octanol–water partition coefficient (Wildman–Crippen LogP) is 22.2. The van der Waals surface area contributed by atoms with Gasteiger partial charge in [0.05, 0.1) is 17.1 Å². The maximum Gasteiger partial charge on any atom is 0.144 e. The first-order valence-electron chi connectivity index (χ1n) is 28.6. The van der Waals surface area contributed by atoms with Crippen molar-refractivity contribution in [1.29, 1.82) is 0 Å². The Morgan fingerprint density at radius 2 is 0.430 bits per heavy atom. The van der Waals surface area contributed by atoms with Crippen molar-refractivity contribution in [2.75, 3.05) is 10.8 Å². The Hall–Kier alpha value is -7.14. The Morgan fingerprint density at radius 1 is 0.220 bits per heavy atom. The smallest absolute Gasteiger partial charge is 0.144 e. The zero-order chi connectivity index (χ0) is 65.8. The minimum Gasteiger partial charge on any atom is -0.312 e. The molecule has 20 heterocycles. The topological polar surface area (TPSA) is 248 Å². The third-order valence-corrected chi connectivity index (χ3v) is 31.2. The van der Waals surface area contributed by atoms with Gasteiger partial charge in [0, 0.05) is 108 Å². The van der Waals surface area contributed by atoms with Gasteiger partial charge >= 0.3 is 0 Å². The summed E-state index contributed by atoms with van der Waals surface area (Å²) in [7, 11) is 0. The summed E-state index contributed by atoms with van der Waals surface area (Å²) in [6.07, 6.45) is 1.79. The van der Waals surface area contributed by atoms with Crippen molar-refractivity contribution in [3.8, 4) is 182 Å². The van der Waals surface area contributed by atoms with Crippen LogP contribution in [0.2, 0.25) is 0 Å². The molecule has 40 heteroatoms. The Labute approximate surface area is 642 Å². The standard InChI is InChI=1S/C60H24N20S20/c1-2-83-43(61-1)24-3-84-44(63-24)25-4-85-45(64-25)26-5-86-46(65-26)27-6-87-47(66-27)28-7-88-48(67-28)29-8-89-49(68-29)30-9-90-50(69-30)31-10-91-51(70-31)32-11-92-52(71-32)33-12-93-53(72-33)34-13-94-54(73-34)35-14-95-55(74-35)36-15-96-56(75-36)37-16-97-57(76-37)38-17-98-58(77-38)39-18-99-59(78-39)40-19-100-60(79-40)41-20-82-23-80(41)42-21-81-22-62-42/h1-22H,23H2. The molecule has 100 heavy (non-hydrogen) atoms. The summed E-state index contributed by atoms with van der Waals surface area (Å²) in [4.78, 5) is 95.4. The SMILES string of the molecule is C1=C(c2nc(-c3nc(-c4nc(-c5nc(-c6nc(-c7nc(-c8nc(-c9nc(-c%10nc(-c%11nc(-c%12nc(-c%13nc(-c%14nc(-c%15nc(-c%16nc(-c%17nc(-c%18nc(-c%19nccs%19)cs%18)cs%17)cs%16)cs%15)cs%14)cs%13)cs%12)cs%11)cs%10)cs9)cs8)cs7)cs6)cs5)cs4)cs3)cs2)N(c2cscn2)CS1. The van der Waals surface area contributed by atoms with Crippen molar-refractivity contribution < 1.29 is 0 Å². The van der Waals surface area contributed by atoms with Crippen LogP contribution in [0.1, 0.15) is 5.01 Å². The van der Waals surface area contributed by atoms with Crippen LogP contribution >= 0.6 is 227 Å². The molecule has 0 atom stereocenters. The van der Waals surface area contributed by atoms with Crippen molar-refractivity contribution >= 4 is 239 Å². The van der Waals surface area contributed by atoms with Gasteiger partial charge in [-0.15, -0.1) is 227 Å². The fourth-order valence-electron chi connectivity index (χ4n) is 9.69. The molecule has 0 aliphatic carbocycles. The van der Waals surface area contributed by atoms with E-state index in [-0.39, 0.29) is 0 Å². The molecule has 1 aliphatic rings. The van der Waals surface area contributed by atoms with Crippen LogP contribution in [0.4, 0.5) is 5.82 Å². The second kappa shape index (κ2) is 26.6. The molecule has 0 fully saturated rings. The molecule has 0 spiro atoms. The normalized spacial score (nSPS) is 12.6. The lowest BCUT2D eigenvalue weighted by Gasteiger charge is -2.16. The van der Waals surface area contributed by atoms with Crippen LogP contribution in [0.5, 0.6) is 0 Å². The molecule has 0 radical (unpaired) electrons. The zero-order valence-electron chi connectivity index (χ0n) is 49.0. The minimum atomic E-state index is 0.794. The minimum absolute atomic E-state index is 0.794. The third kappa shape index (κ3) is 12.1. The number of hydrogen-bond donors (Lipinski definition) is 0. The first kappa shape index (κ1) is 62.6. The van der Waals surface area contributed by atoms with Gasteiger partial charge in [-0.25, -0.2) is 94.7 Å². The maximum atomic E-state index is 4.99. The molecule has 0 N–H and O–H groups in total. The average Bonchev–Trinajstić information content (AvgIpc) is 1.70. The number of thioether (sulfide) groups is 1. The zero-order valence-corrected chi connectivity index (χ0v) is 65.3. The van der Waals surface area contributed by atoms with Crippen LogP contribution < -0.4 is 4.90 Å². The van der Waals surface area contributed by atoms with Crippen molar-refractivity contribution in [2.24, 2.45) is 0 Å². The summed E-state index contributed by atoms with van der Waals surface area (Å²) >= 11 is 31.3. The number of nitrogens with zero attached hydrogens (tertiary/aromatic N) is 20.